The quantitative estimate of drug-likeness (QED) is 0.501. The van der Waals surface area contributed by atoms with E-state index in [1.54, 1.807) is 0 Å². The molecule has 7 heteroatoms. The first-order valence-electron chi connectivity index (χ1n) is 5.51. The Kier molecular flexibility index (Phi) is 4.03. The van der Waals surface area contributed by atoms with Gasteiger partial charge in [0.05, 0.1) is 10.9 Å². The SMILES string of the molecule is CCCCSc1nc2scc(C(=O)O)c2c(=O)[nH]1. The highest BCUT2D eigenvalue weighted by Gasteiger charge is 2.16. The van der Waals surface area contributed by atoms with E-state index in [9.17, 15) is 9.59 Å². The lowest BCUT2D eigenvalue weighted by Gasteiger charge is -1.99. The smallest absolute Gasteiger partial charge is 0.337 e. The van der Waals surface area contributed by atoms with Crippen molar-refractivity contribution in [2.24, 2.45) is 0 Å². The third kappa shape index (κ3) is 2.56. The van der Waals surface area contributed by atoms with Gasteiger partial charge in [0.2, 0.25) is 0 Å². The van der Waals surface area contributed by atoms with Crippen LogP contribution in [0.25, 0.3) is 10.2 Å². The van der Waals surface area contributed by atoms with Crippen molar-refractivity contribution in [2.45, 2.75) is 24.9 Å². The average molecular weight is 284 g/mol. The molecule has 0 unspecified atom stereocenters. The van der Waals surface area contributed by atoms with Gasteiger partial charge in [-0.05, 0) is 6.42 Å². The van der Waals surface area contributed by atoms with Crippen LogP contribution < -0.4 is 5.56 Å². The van der Waals surface area contributed by atoms with Gasteiger partial charge in [0.25, 0.3) is 5.56 Å². The molecular weight excluding hydrogens is 272 g/mol. The number of thioether (sulfide) groups is 1. The van der Waals surface area contributed by atoms with Crippen molar-refractivity contribution < 1.29 is 9.90 Å². The molecule has 0 saturated carbocycles. The monoisotopic (exact) mass is 284 g/mol. The van der Waals surface area contributed by atoms with Crippen molar-refractivity contribution in [3.05, 3.63) is 21.3 Å². The summed E-state index contributed by atoms with van der Waals surface area (Å²) >= 11 is 2.67. The Balaban J connectivity index is 2.39. The maximum Gasteiger partial charge on any atom is 0.337 e. The summed E-state index contributed by atoms with van der Waals surface area (Å²) in [6.07, 6.45) is 2.14. The van der Waals surface area contributed by atoms with E-state index in [0.717, 1.165) is 18.6 Å². The number of aromatic amines is 1. The highest BCUT2D eigenvalue weighted by molar-refractivity contribution is 7.99. The summed E-state index contributed by atoms with van der Waals surface area (Å²) in [4.78, 5) is 30.2. The standard InChI is InChI=1S/C11H12N2O3S2/c1-2-3-4-17-11-12-8(14)7-6(10(15)16)5-18-9(7)13-11/h5H,2-4H2,1H3,(H,15,16)(H,12,13,14). The predicted molar refractivity (Wildman–Crippen MR) is 72.8 cm³/mol. The van der Waals surface area contributed by atoms with Crippen molar-refractivity contribution >= 4 is 39.3 Å². The van der Waals surface area contributed by atoms with E-state index in [1.165, 1.54) is 28.5 Å². The van der Waals surface area contributed by atoms with Crippen molar-refractivity contribution in [2.75, 3.05) is 5.75 Å². The molecule has 0 aromatic carbocycles. The van der Waals surface area contributed by atoms with Gasteiger partial charge < -0.3 is 10.1 Å². The summed E-state index contributed by atoms with van der Waals surface area (Å²) < 4.78 is 0. The number of hydrogen-bond acceptors (Lipinski definition) is 5. The van der Waals surface area contributed by atoms with E-state index in [0.29, 0.717) is 9.99 Å². The first kappa shape index (κ1) is 13.1. The van der Waals surface area contributed by atoms with Gasteiger partial charge in [0, 0.05) is 11.1 Å². The van der Waals surface area contributed by atoms with E-state index in [1.807, 2.05) is 0 Å². The highest BCUT2D eigenvalue weighted by atomic mass is 32.2. The fourth-order valence-corrected chi connectivity index (χ4v) is 3.39. The summed E-state index contributed by atoms with van der Waals surface area (Å²) in [6.45, 7) is 2.10. The lowest BCUT2D eigenvalue weighted by molar-refractivity contribution is 0.0699. The third-order valence-electron chi connectivity index (χ3n) is 2.39. The lowest BCUT2D eigenvalue weighted by Crippen LogP contribution is -2.11. The molecule has 5 nitrogen and oxygen atoms in total. The minimum absolute atomic E-state index is 0.0221. The van der Waals surface area contributed by atoms with Gasteiger partial charge in [-0.2, -0.15) is 0 Å². The van der Waals surface area contributed by atoms with E-state index < -0.39 is 5.97 Å². The third-order valence-corrected chi connectivity index (χ3v) is 4.22. The van der Waals surface area contributed by atoms with Gasteiger partial charge in [-0.15, -0.1) is 11.3 Å². The molecule has 2 aromatic heterocycles. The van der Waals surface area contributed by atoms with Crippen molar-refractivity contribution in [1.82, 2.24) is 9.97 Å². The van der Waals surface area contributed by atoms with Crippen molar-refractivity contribution in [3.8, 4) is 0 Å². The fourth-order valence-electron chi connectivity index (χ4n) is 1.47. The fraction of sp³-hybridized carbons (Fsp3) is 0.364. The molecule has 0 saturated heterocycles. The number of aromatic nitrogens is 2. The van der Waals surface area contributed by atoms with Crippen LogP contribution in [0, 0.1) is 0 Å². The first-order chi connectivity index (χ1) is 8.63. The number of hydrogen-bond donors (Lipinski definition) is 2. The zero-order chi connectivity index (χ0) is 13.1. The number of thiophene rings is 1. The molecule has 0 aliphatic heterocycles. The Labute approximate surface area is 111 Å². The van der Waals surface area contributed by atoms with Crippen molar-refractivity contribution in [1.29, 1.82) is 0 Å². The molecule has 2 aromatic rings. The Morgan fingerprint density at radius 3 is 3.06 bits per heavy atom. The largest absolute Gasteiger partial charge is 0.478 e. The van der Waals surface area contributed by atoms with Crippen LogP contribution in [0.2, 0.25) is 0 Å². The molecule has 2 N–H and O–H groups in total. The molecule has 18 heavy (non-hydrogen) atoms. The van der Waals surface area contributed by atoms with Crippen LogP contribution in [-0.4, -0.2) is 26.8 Å². The number of unbranched alkanes of at least 4 members (excludes halogenated alkanes) is 1. The Morgan fingerprint density at radius 1 is 1.61 bits per heavy atom. The molecule has 0 spiro atoms. The van der Waals surface area contributed by atoms with Gasteiger partial charge >= 0.3 is 5.97 Å². The molecular formula is C11H12N2O3S2. The summed E-state index contributed by atoms with van der Waals surface area (Å²) in [7, 11) is 0. The molecule has 0 amide bonds. The molecule has 0 radical (unpaired) electrons. The second-order valence-corrected chi connectivity index (χ2v) is 5.65. The molecule has 2 rings (SSSR count). The Morgan fingerprint density at radius 2 is 2.39 bits per heavy atom. The molecule has 0 fully saturated rings. The zero-order valence-corrected chi connectivity index (χ0v) is 11.4. The number of carboxylic acid groups (broad SMARTS) is 1. The van der Waals surface area contributed by atoms with Gasteiger partial charge in [-0.25, -0.2) is 9.78 Å². The Bertz CT molecular complexity index is 633. The van der Waals surface area contributed by atoms with Crippen LogP contribution in [0.1, 0.15) is 30.1 Å². The topological polar surface area (TPSA) is 83.0 Å². The van der Waals surface area contributed by atoms with E-state index >= 15 is 0 Å². The van der Waals surface area contributed by atoms with Crippen LogP contribution in [-0.2, 0) is 0 Å². The molecule has 0 bridgehead atoms. The van der Waals surface area contributed by atoms with E-state index in [4.69, 9.17) is 5.11 Å². The highest BCUT2D eigenvalue weighted by Crippen LogP contribution is 2.23. The Hall–Kier alpha value is -1.34. The van der Waals surface area contributed by atoms with Crippen LogP contribution in [0.4, 0.5) is 0 Å². The number of carboxylic acids is 1. The number of rotatable bonds is 5. The minimum Gasteiger partial charge on any atom is -0.478 e. The number of nitrogens with zero attached hydrogens (tertiary/aromatic N) is 1. The van der Waals surface area contributed by atoms with E-state index in [2.05, 4.69) is 16.9 Å². The molecule has 0 aliphatic rings. The zero-order valence-electron chi connectivity index (χ0n) is 9.73. The second-order valence-electron chi connectivity index (χ2n) is 3.71. The van der Waals surface area contributed by atoms with E-state index in [-0.39, 0.29) is 16.5 Å². The minimum atomic E-state index is -1.10. The molecule has 0 aliphatic carbocycles. The number of nitrogens with one attached hydrogen (secondary N) is 1. The summed E-state index contributed by atoms with van der Waals surface area (Å²) in [5.74, 6) is -0.206. The molecule has 2 heterocycles. The average Bonchev–Trinajstić information content (AvgIpc) is 2.73. The van der Waals surface area contributed by atoms with Gasteiger partial charge in [-0.1, -0.05) is 25.1 Å². The second kappa shape index (κ2) is 5.53. The maximum absolute atomic E-state index is 11.9. The summed E-state index contributed by atoms with van der Waals surface area (Å²) in [6, 6.07) is 0. The van der Waals surface area contributed by atoms with Crippen molar-refractivity contribution in [3.63, 3.8) is 0 Å². The lowest BCUT2D eigenvalue weighted by atomic mass is 10.2. The van der Waals surface area contributed by atoms with Crippen LogP contribution >= 0.6 is 23.1 Å². The number of aromatic carboxylic acids is 1. The predicted octanol–water partition coefficient (Wildman–Crippen LogP) is 2.58. The van der Waals surface area contributed by atoms with Crippen LogP contribution in [0.5, 0.6) is 0 Å². The number of carbonyl (C=O) groups is 1. The van der Waals surface area contributed by atoms with Crippen LogP contribution in [0.15, 0.2) is 15.3 Å². The maximum atomic E-state index is 11.9. The molecule has 0 atom stereocenters. The number of H-pyrrole nitrogens is 1. The summed E-state index contributed by atoms with van der Waals surface area (Å²) in [5.41, 5.74) is -0.355. The first-order valence-corrected chi connectivity index (χ1v) is 7.37. The van der Waals surface area contributed by atoms with Gasteiger partial charge in [0.15, 0.2) is 5.16 Å². The normalized spacial score (nSPS) is 10.9. The van der Waals surface area contributed by atoms with Gasteiger partial charge in [-0.3, -0.25) is 4.79 Å². The summed E-state index contributed by atoms with van der Waals surface area (Å²) in [5, 5.41) is 11.1. The number of fused-ring (bicyclic) bond motifs is 1. The van der Waals surface area contributed by atoms with Gasteiger partial charge in [0.1, 0.15) is 4.83 Å². The van der Waals surface area contributed by atoms with Crippen LogP contribution in [0.3, 0.4) is 0 Å². The molecule has 96 valence electrons.